The topological polar surface area (TPSA) is 52.6 Å². The van der Waals surface area contributed by atoms with E-state index in [9.17, 15) is 9.59 Å². The van der Waals surface area contributed by atoms with Gasteiger partial charge >= 0.3 is 5.97 Å². The van der Waals surface area contributed by atoms with Crippen LogP contribution in [-0.4, -0.2) is 25.7 Å². The Hall–Kier alpha value is -0.900. The van der Waals surface area contributed by atoms with E-state index in [4.69, 9.17) is 0 Å². The molecule has 4 heteroatoms. The van der Waals surface area contributed by atoms with Crippen molar-refractivity contribution in [1.82, 2.24) is 0 Å². The summed E-state index contributed by atoms with van der Waals surface area (Å²) in [7, 11) is 1.45. The van der Waals surface area contributed by atoms with Crippen molar-refractivity contribution in [2.75, 3.05) is 13.9 Å². The molecule has 4 nitrogen and oxygen atoms in total. The second-order valence-corrected chi connectivity index (χ2v) is 2.48. The average Bonchev–Trinajstić information content (AvgIpc) is 2.00. The van der Waals surface area contributed by atoms with E-state index in [-0.39, 0.29) is 25.0 Å². The summed E-state index contributed by atoms with van der Waals surface area (Å²) in [6.07, 6.45) is 1.27. The highest BCUT2D eigenvalue weighted by atomic mass is 16.7. The van der Waals surface area contributed by atoms with Crippen LogP contribution in [0.4, 0.5) is 0 Å². The molecule has 70 valence electrons. The van der Waals surface area contributed by atoms with Crippen LogP contribution in [0.15, 0.2) is 0 Å². The molecule has 0 saturated carbocycles. The van der Waals surface area contributed by atoms with Crippen LogP contribution < -0.4 is 0 Å². The smallest absolute Gasteiger partial charge is 0.307 e. The van der Waals surface area contributed by atoms with Crippen LogP contribution in [0.2, 0.25) is 0 Å². The maximum absolute atomic E-state index is 10.8. The molecular weight excluding hydrogens is 160 g/mol. The van der Waals surface area contributed by atoms with Gasteiger partial charge in [-0.2, -0.15) is 0 Å². The molecule has 0 aliphatic heterocycles. The van der Waals surface area contributed by atoms with Crippen LogP contribution in [0.3, 0.4) is 0 Å². The number of methoxy groups -OCH3 is 1. The molecule has 0 spiro atoms. The van der Waals surface area contributed by atoms with Crippen molar-refractivity contribution in [3.8, 4) is 0 Å². The number of esters is 1. The fourth-order valence-electron chi connectivity index (χ4n) is 0.678. The molecule has 0 atom stereocenters. The Labute approximate surface area is 71.8 Å². The zero-order valence-electron chi connectivity index (χ0n) is 7.46. The third kappa shape index (κ3) is 7.21. The van der Waals surface area contributed by atoms with Gasteiger partial charge in [0.15, 0.2) is 6.79 Å². The van der Waals surface area contributed by atoms with E-state index in [1.54, 1.807) is 0 Å². The Balaban J connectivity index is 3.25. The predicted octanol–water partition coefficient (Wildman–Crippen LogP) is 0.893. The first kappa shape index (κ1) is 11.1. The molecule has 0 aromatic carbocycles. The van der Waals surface area contributed by atoms with Gasteiger partial charge in [0, 0.05) is 20.0 Å². The molecular formula is C8H14O4. The van der Waals surface area contributed by atoms with Gasteiger partial charge in [0.25, 0.3) is 0 Å². The van der Waals surface area contributed by atoms with Crippen LogP contribution in [0.1, 0.15) is 26.2 Å². The number of carbonyl (C=O) groups is 2. The fourth-order valence-corrected chi connectivity index (χ4v) is 0.678. The maximum Gasteiger partial charge on any atom is 0.307 e. The monoisotopic (exact) mass is 174 g/mol. The molecule has 0 aliphatic rings. The lowest BCUT2D eigenvalue weighted by atomic mass is 10.2. The molecule has 12 heavy (non-hydrogen) atoms. The number of ether oxygens (including phenoxy) is 2. The molecule has 0 saturated heterocycles. The SMILES string of the molecule is COCOC(=O)CCCC(C)=O. The minimum atomic E-state index is -0.321. The minimum absolute atomic E-state index is 0.0150. The lowest BCUT2D eigenvalue weighted by Crippen LogP contribution is -2.07. The third-order valence-corrected chi connectivity index (χ3v) is 1.25. The molecule has 0 N–H and O–H groups in total. The van der Waals surface area contributed by atoms with Crippen LogP contribution in [0, 0.1) is 0 Å². The highest BCUT2D eigenvalue weighted by molar-refractivity contribution is 5.76. The molecule has 0 aliphatic carbocycles. The van der Waals surface area contributed by atoms with Gasteiger partial charge in [-0.15, -0.1) is 0 Å². The zero-order chi connectivity index (χ0) is 9.40. The van der Waals surface area contributed by atoms with Crippen molar-refractivity contribution in [2.24, 2.45) is 0 Å². The zero-order valence-corrected chi connectivity index (χ0v) is 7.46. The second kappa shape index (κ2) is 6.79. The summed E-state index contributed by atoms with van der Waals surface area (Å²) < 4.78 is 9.13. The van der Waals surface area contributed by atoms with Crippen LogP contribution in [0.5, 0.6) is 0 Å². The van der Waals surface area contributed by atoms with Crippen LogP contribution in [0.25, 0.3) is 0 Å². The van der Waals surface area contributed by atoms with Crippen LogP contribution in [-0.2, 0) is 19.1 Å². The summed E-state index contributed by atoms with van der Waals surface area (Å²) >= 11 is 0. The molecule has 0 aromatic heterocycles. The Morgan fingerprint density at radius 3 is 2.42 bits per heavy atom. The first-order valence-corrected chi connectivity index (χ1v) is 3.81. The lowest BCUT2D eigenvalue weighted by molar-refractivity contribution is -0.154. The standard InChI is InChI=1S/C8H14O4/c1-7(9)4-3-5-8(10)12-6-11-2/h3-6H2,1-2H3. The van der Waals surface area contributed by atoms with Crippen molar-refractivity contribution in [3.05, 3.63) is 0 Å². The number of Topliss-reactive ketones (excluding diaryl/α,β-unsaturated/α-hetero) is 1. The van der Waals surface area contributed by atoms with E-state index in [2.05, 4.69) is 9.47 Å². The average molecular weight is 174 g/mol. The van der Waals surface area contributed by atoms with Gasteiger partial charge in [-0.1, -0.05) is 0 Å². The fraction of sp³-hybridized carbons (Fsp3) is 0.750. The second-order valence-electron chi connectivity index (χ2n) is 2.48. The van der Waals surface area contributed by atoms with Crippen molar-refractivity contribution >= 4 is 11.8 Å². The number of carbonyl (C=O) groups excluding carboxylic acids is 2. The largest absolute Gasteiger partial charge is 0.438 e. The van der Waals surface area contributed by atoms with Crippen molar-refractivity contribution < 1.29 is 19.1 Å². The molecule has 0 heterocycles. The first-order chi connectivity index (χ1) is 5.66. The van der Waals surface area contributed by atoms with Gasteiger partial charge in [0.05, 0.1) is 0 Å². The summed E-state index contributed by atoms with van der Waals surface area (Å²) in [4.78, 5) is 21.2. The number of ketones is 1. The molecule has 0 amide bonds. The Kier molecular flexibility index (Phi) is 6.28. The van der Waals surface area contributed by atoms with Gasteiger partial charge < -0.3 is 14.3 Å². The highest BCUT2D eigenvalue weighted by Crippen LogP contribution is 1.98. The van der Waals surface area contributed by atoms with Gasteiger partial charge in [-0.3, -0.25) is 4.79 Å². The van der Waals surface area contributed by atoms with Crippen molar-refractivity contribution in [3.63, 3.8) is 0 Å². The minimum Gasteiger partial charge on any atom is -0.438 e. The van der Waals surface area contributed by atoms with Gasteiger partial charge in [-0.25, -0.2) is 0 Å². The molecule has 0 bridgehead atoms. The molecule has 0 unspecified atom stereocenters. The molecule has 0 radical (unpaired) electrons. The van der Waals surface area contributed by atoms with E-state index in [0.717, 1.165) is 0 Å². The summed E-state index contributed by atoms with van der Waals surface area (Å²) in [5.74, 6) is -0.229. The predicted molar refractivity (Wildman–Crippen MR) is 42.5 cm³/mol. The van der Waals surface area contributed by atoms with Gasteiger partial charge in [0.1, 0.15) is 5.78 Å². The molecule has 0 fully saturated rings. The summed E-state index contributed by atoms with van der Waals surface area (Å²) in [6, 6.07) is 0. The number of rotatable bonds is 6. The van der Waals surface area contributed by atoms with Crippen molar-refractivity contribution in [1.29, 1.82) is 0 Å². The third-order valence-electron chi connectivity index (χ3n) is 1.25. The number of hydrogen-bond acceptors (Lipinski definition) is 4. The van der Waals surface area contributed by atoms with Gasteiger partial charge in [-0.05, 0) is 13.3 Å². The maximum atomic E-state index is 10.8. The lowest BCUT2D eigenvalue weighted by Gasteiger charge is -2.01. The molecule has 0 rings (SSSR count). The quantitative estimate of drug-likeness (QED) is 0.443. The Morgan fingerprint density at radius 2 is 1.92 bits per heavy atom. The normalized spacial score (nSPS) is 9.50. The first-order valence-electron chi connectivity index (χ1n) is 3.81. The van der Waals surface area contributed by atoms with Crippen LogP contribution >= 0.6 is 0 Å². The Morgan fingerprint density at radius 1 is 1.25 bits per heavy atom. The van der Waals surface area contributed by atoms with E-state index in [1.165, 1.54) is 14.0 Å². The van der Waals surface area contributed by atoms with E-state index in [1.807, 2.05) is 0 Å². The highest BCUT2D eigenvalue weighted by Gasteiger charge is 2.02. The Bertz CT molecular complexity index is 153. The van der Waals surface area contributed by atoms with E-state index < -0.39 is 0 Å². The summed E-state index contributed by atoms with van der Waals surface area (Å²) in [6.45, 7) is 1.49. The van der Waals surface area contributed by atoms with E-state index in [0.29, 0.717) is 12.8 Å². The molecule has 0 aromatic rings. The van der Waals surface area contributed by atoms with E-state index >= 15 is 0 Å². The summed E-state index contributed by atoms with van der Waals surface area (Å²) in [5, 5.41) is 0. The number of hydrogen-bond donors (Lipinski definition) is 0. The van der Waals surface area contributed by atoms with Gasteiger partial charge in [0.2, 0.25) is 0 Å². The van der Waals surface area contributed by atoms with Crippen molar-refractivity contribution in [2.45, 2.75) is 26.2 Å². The summed E-state index contributed by atoms with van der Waals surface area (Å²) in [5.41, 5.74) is 0.